The molecule has 2 atom stereocenters. The average Bonchev–Trinajstić information content (AvgIpc) is 3.15. The number of nitrogens with zero attached hydrogens (tertiary/aromatic N) is 1. The SMILES string of the molecule is CSc1ccc(CCC(CCCCC2CCCN2C)Cc2ccc(Cl)cc2)cc1. The van der Waals surface area contributed by atoms with Crippen molar-refractivity contribution in [2.45, 2.75) is 68.7 Å². The molecular formula is C26H36ClNS. The molecule has 1 heterocycles. The van der Waals surface area contributed by atoms with E-state index in [4.69, 9.17) is 11.6 Å². The molecule has 0 aliphatic carbocycles. The largest absolute Gasteiger partial charge is 0.303 e. The van der Waals surface area contributed by atoms with Crippen molar-refractivity contribution in [1.82, 2.24) is 4.90 Å². The molecule has 0 spiro atoms. The van der Waals surface area contributed by atoms with Crippen LogP contribution in [0.2, 0.25) is 5.02 Å². The van der Waals surface area contributed by atoms with Crippen molar-refractivity contribution >= 4 is 23.4 Å². The summed E-state index contributed by atoms with van der Waals surface area (Å²) in [5.74, 6) is 0.748. The van der Waals surface area contributed by atoms with Crippen LogP contribution in [0, 0.1) is 5.92 Å². The fourth-order valence-electron chi connectivity index (χ4n) is 4.62. The Morgan fingerprint density at radius 3 is 2.38 bits per heavy atom. The van der Waals surface area contributed by atoms with E-state index in [-0.39, 0.29) is 0 Å². The summed E-state index contributed by atoms with van der Waals surface area (Å²) in [4.78, 5) is 3.91. The van der Waals surface area contributed by atoms with Crippen LogP contribution in [0.3, 0.4) is 0 Å². The monoisotopic (exact) mass is 429 g/mol. The van der Waals surface area contributed by atoms with E-state index in [1.165, 1.54) is 80.4 Å². The number of hydrogen-bond acceptors (Lipinski definition) is 2. The van der Waals surface area contributed by atoms with Gasteiger partial charge in [0.05, 0.1) is 0 Å². The normalized spacial score (nSPS) is 18.2. The minimum atomic E-state index is 0.748. The number of unbranched alkanes of at least 4 members (excludes halogenated alkanes) is 1. The zero-order valence-corrected chi connectivity index (χ0v) is 19.7. The van der Waals surface area contributed by atoms with Gasteiger partial charge >= 0.3 is 0 Å². The molecule has 2 unspecified atom stereocenters. The average molecular weight is 430 g/mol. The van der Waals surface area contributed by atoms with Gasteiger partial charge in [-0.1, -0.05) is 55.1 Å². The predicted molar refractivity (Wildman–Crippen MR) is 129 cm³/mol. The van der Waals surface area contributed by atoms with E-state index >= 15 is 0 Å². The van der Waals surface area contributed by atoms with E-state index in [0.717, 1.165) is 17.0 Å². The second-order valence-electron chi connectivity index (χ2n) is 8.64. The van der Waals surface area contributed by atoms with E-state index in [0.29, 0.717) is 0 Å². The van der Waals surface area contributed by atoms with E-state index < -0.39 is 0 Å². The van der Waals surface area contributed by atoms with Gasteiger partial charge in [0.2, 0.25) is 0 Å². The van der Waals surface area contributed by atoms with Crippen molar-refractivity contribution < 1.29 is 0 Å². The van der Waals surface area contributed by atoms with Crippen molar-refractivity contribution in [3.05, 3.63) is 64.7 Å². The maximum Gasteiger partial charge on any atom is 0.0406 e. The zero-order valence-electron chi connectivity index (χ0n) is 18.1. The summed E-state index contributed by atoms with van der Waals surface area (Å²) in [5, 5.41) is 0.833. The molecule has 158 valence electrons. The van der Waals surface area contributed by atoms with Crippen LogP contribution in [-0.4, -0.2) is 30.8 Å². The van der Waals surface area contributed by atoms with Gasteiger partial charge in [-0.05, 0) is 99.7 Å². The van der Waals surface area contributed by atoms with E-state index in [9.17, 15) is 0 Å². The van der Waals surface area contributed by atoms with Gasteiger partial charge in [-0.25, -0.2) is 0 Å². The Kier molecular flexibility index (Phi) is 9.42. The molecule has 1 aliphatic rings. The first-order valence-electron chi connectivity index (χ1n) is 11.2. The summed E-state index contributed by atoms with van der Waals surface area (Å²) in [6, 6.07) is 18.4. The minimum absolute atomic E-state index is 0.748. The van der Waals surface area contributed by atoms with Gasteiger partial charge in [-0.15, -0.1) is 11.8 Å². The number of thioether (sulfide) groups is 1. The molecule has 1 fully saturated rings. The Morgan fingerprint density at radius 1 is 1.00 bits per heavy atom. The van der Waals surface area contributed by atoms with Crippen LogP contribution in [0.25, 0.3) is 0 Å². The summed E-state index contributed by atoms with van der Waals surface area (Å²) >= 11 is 7.90. The van der Waals surface area contributed by atoms with Crippen LogP contribution in [0.4, 0.5) is 0 Å². The third-order valence-electron chi connectivity index (χ3n) is 6.51. The summed E-state index contributed by atoms with van der Waals surface area (Å²) in [7, 11) is 2.29. The van der Waals surface area contributed by atoms with Crippen molar-refractivity contribution in [2.24, 2.45) is 5.92 Å². The highest BCUT2D eigenvalue weighted by molar-refractivity contribution is 7.98. The quantitative estimate of drug-likeness (QED) is 0.268. The number of likely N-dealkylation sites (tertiary alicyclic amines) is 1. The number of halogens is 1. The third kappa shape index (κ3) is 7.66. The van der Waals surface area contributed by atoms with Crippen molar-refractivity contribution in [3.8, 4) is 0 Å². The highest BCUT2D eigenvalue weighted by atomic mass is 35.5. The second kappa shape index (κ2) is 12.0. The molecule has 3 heteroatoms. The number of rotatable bonds is 11. The minimum Gasteiger partial charge on any atom is -0.303 e. The first-order valence-corrected chi connectivity index (χ1v) is 12.8. The smallest absolute Gasteiger partial charge is 0.0406 e. The Hall–Kier alpha value is -0.960. The molecule has 1 saturated heterocycles. The first kappa shape index (κ1) is 22.7. The van der Waals surface area contributed by atoms with E-state index in [1.807, 2.05) is 23.9 Å². The molecule has 2 aromatic rings. The van der Waals surface area contributed by atoms with E-state index in [1.54, 1.807) is 0 Å². The number of benzene rings is 2. The molecule has 0 amide bonds. The lowest BCUT2D eigenvalue weighted by Crippen LogP contribution is -2.24. The third-order valence-corrected chi connectivity index (χ3v) is 7.50. The molecule has 0 bridgehead atoms. The van der Waals surface area contributed by atoms with Crippen molar-refractivity contribution in [1.29, 1.82) is 0 Å². The highest BCUT2D eigenvalue weighted by Crippen LogP contribution is 2.25. The maximum atomic E-state index is 6.08. The Morgan fingerprint density at radius 2 is 1.72 bits per heavy atom. The van der Waals surface area contributed by atoms with Gasteiger partial charge in [0.15, 0.2) is 0 Å². The summed E-state index contributed by atoms with van der Waals surface area (Å²) < 4.78 is 0. The molecule has 2 aromatic carbocycles. The molecule has 0 aromatic heterocycles. The highest BCUT2D eigenvalue weighted by Gasteiger charge is 2.20. The predicted octanol–water partition coefficient (Wildman–Crippen LogP) is 7.51. The molecule has 1 nitrogen and oxygen atoms in total. The molecule has 1 aliphatic heterocycles. The summed E-state index contributed by atoms with van der Waals surface area (Å²) in [5.41, 5.74) is 2.89. The molecule has 3 rings (SSSR count). The second-order valence-corrected chi connectivity index (χ2v) is 9.96. The van der Waals surface area contributed by atoms with Crippen LogP contribution >= 0.6 is 23.4 Å². The van der Waals surface area contributed by atoms with Gasteiger partial charge in [-0.2, -0.15) is 0 Å². The standard InChI is InChI=1S/C26H36ClNS/c1-28-19-5-8-25(28)7-4-3-6-22(20-23-11-15-24(27)16-12-23)10-9-21-13-17-26(29-2)18-14-21/h11-18,22,25H,3-10,19-20H2,1-2H3. The fourth-order valence-corrected chi connectivity index (χ4v) is 5.16. The van der Waals surface area contributed by atoms with Crippen molar-refractivity contribution in [2.75, 3.05) is 19.8 Å². The van der Waals surface area contributed by atoms with Gasteiger partial charge < -0.3 is 4.90 Å². The molecule has 0 saturated carbocycles. The maximum absolute atomic E-state index is 6.08. The lowest BCUT2D eigenvalue weighted by molar-refractivity contribution is 0.286. The molecule has 0 N–H and O–H groups in total. The van der Waals surface area contributed by atoms with Gasteiger partial charge in [0.25, 0.3) is 0 Å². The Bertz CT molecular complexity index is 712. The molecular weight excluding hydrogens is 394 g/mol. The van der Waals surface area contributed by atoms with Gasteiger partial charge in [0, 0.05) is 16.0 Å². The van der Waals surface area contributed by atoms with Crippen molar-refractivity contribution in [3.63, 3.8) is 0 Å². The molecule has 0 radical (unpaired) electrons. The summed E-state index contributed by atoms with van der Waals surface area (Å²) in [6.07, 6.45) is 14.0. The lowest BCUT2D eigenvalue weighted by Gasteiger charge is -2.21. The van der Waals surface area contributed by atoms with Crippen LogP contribution in [0.1, 0.15) is 56.1 Å². The first-order chi connectivity index (χ1) is 14.1. The van der Waals surface area contributed by atoms with Gasteiger partial charge in [0.1, 0.15) is 0 Å². The van der Waals surface area contributed by atoms with Crippen LogP contribution in [0.5, 0.6) is 0 Å². The van der Waals surface area contributed by atoms with Crippen LogP contribution in [0.15, 0.2) is 53.4 Å². The molecule has 29 heavy (non-hydrogen) atoms. The summed E-state index contributed by atoms with van der Waals surface area (Å²) in [6.45, 7) is 1.29. The Labute approximate surface area is 187 Å². The van der Waals surface area contributed by atoms with Crippen LogP contribution < -0.4 is 0 Å². The van der Waals surface area contributed by atoms with E-state index in [2.05, 4.69) is 54.6 Å². The fraction of sp³-hybridized carbons (Fsp3) is 0.538. The number of hydrogen-bond donors (Lipinski definition) is 0. The lowest BCUT2D eigenvalue weighted by atomic mass is 9.88. The van der Waals surface area contributed by atoms with Gasteiger partial charge in [-0.3, -0.25) is 0 Å². The topological polar surface area (TPSA) is 3.24 Å². The number of aryl methyl sites for hydroxylation is 1. The van der Waals surface area contributed by atoms with Crippen LogP contribution in [-0.2, 0) is 12.8 Å². The Balaban J connectivity index is 1.51. The zero-order chi connectivity index (χ0) is 20.5.